The maximum atomic E-state index is 13.4. The summed E-state index contributed by atoms with van der Waals surface area (Å²) in [5, 5.41) is 11.5. The molecule has 0 unspecified atom stereocenters. The van der Waals surface area contributed by atoms with Crippen molar-refractivity contribution in [3.63, 3.8) is 0 Å². The molecule has 90 valence electrons. The third-order valence-electron chi connectivity index (χ3n) is 2.23. The molecular weight excluding hydrogens is 239 g/mol. The average Bonchev–Trinajstić information content (AvgIpc) is 2.76. The highest BCUT2D eigenvalue weighted by Crippen LogP contribution is 2.24. The number of hydrogen-bond acceptors (Lipinski definition) is 4. The number of thioether (sulfide) groups is 1. The van der Waals surface area contributed by atoms with E-state index in [0.717, 1.165) is 18.8 Å². The second-order valence-corrected chi connectivity index (χ2v) is 4.55. The summed E-state index contributed by atoms with van der Waals surface area (Å²) in [5.41, 5.74) is 0. The number of tetrazole rings is 1. The molecule has 0 aliphatic heterocycles. The number of aromatic nitrogens is 4. The maximum Gasteiger partial charge on any atom is 0.161 e. The molecule has 1 aromatic heterocycles. The van der Waals surface area contributed by atoms with Gasteiger partial charge in [0.05, 0.1) is 5.75 Å². The molecule has 0 fully saturated rings. The lowest BCUT2D eigenvalue weighted by atomic mass is 10.3. The van der Waals surface area contributed by atoms with E-state index in [1.165, 1.54) is 17.8 Å². The minimum Gasteiger partial charge on any atom is -0.229 e. The normalized spacial score (nSPS) is 10.7. The van der Waals surface area contributed by atoms with Gasteiger partial charge in [-0.15, -0.1) is 16.9 Å². The van der Waals surface area contributed by atoms with Gasteiger partial charge < -0.3 is 0 Å². The van der Waals surface area contributed by atoms with E-state index in [-0.39, 0.29) is 5.82 Å². The van der Waals surface area contributed by atoms with E-state index in [0.29, 0.717) is 10.6 Å². The first kappa shape index (κ1) is 12.0. The molecule has 0 aliphatic rings. The summed E-state index contributed by atoms with van der Waals surface area (Å²) in [4.78, 5) is 0.624. The van der Waals surface area contributed by atoms with E-state index in [1.54, 1.807) is 16.8 Å². The Hall–Kier alpha value is -1.43. The van der Waals surface area contributed by atoms with E-state index in [1.807, 2.05) is 6.07 Å². The van der Waals surface area contributed by atoms with Crippen LogP contribution in [0.15, 0.2) is 29.2 Å². The van der Waals surface area contributed by atoms with E-state index in [4.69, 9.17) is 0 Å². The minimum absolute atomic E-state index is 0.202. The molecule has 0 aliphatic carbocycles. The van der Waals surface area contributed by atoms with Gasteiger partial charge in [0.2, 0.25) is 0 Å². The number of hydrogen-bond donors (Lipinski definition) is 0. The van der Waals surface area contributed by atoms with Gasteiger partial charge in [-0.3, -0.25) is 0 Å². The molecule has 0 saturated heterocycles. The van der Waals surface area contributed by atoms with Gasteiger partial charge in [0, 0.05) is 11.4 Å². The standard InChI is InChI=1S/C11H13FN4S/c1-2-7-16-11(13-14-15-16)8-17-10-6-4-3-5-9(10)12/h3-6H,2,7-8H2,1H3. The smallest absolute Gasteiger partial charge is 0.161 e. The summed E-state index contributed by atoms with van der Waals surface area (Å²) in [7, 11) is 0. The summed E-state index contributed by atoms with van der Waals surface area (Å²) in [6.07, 6.45) is 0.975. The average molecular weight is 252 g/mol. The van der Waals surface area contributed by atoms with Gasteiger partial charge in [0.15, 0.2) is 5.82 Å². The summed E-state index contributed by atoms with van der Waals surface area (Å²) < 4.78 is 15.1. The van der Waals surface area contributed by atoms with E-state index in [2.05, 4.69) is 22.4 Å². The van der Waals surface area contributed by atoms with Crippen LogP contribution >= 0.6 is 11.8 Å². The molecule has 6 heteroatoms. The van der Waals surface area contributed by atoms with Crippen molar-refractivity contribution in [3.05, 3.63) is 35.9 Å². The predicted molar refractivity (Wildman–Crippen MR) is 64.1 cm³/mol. The zero-order valence-corrected chi connectivity index (χ0v) is 10.3. The van der Waals surface area contributed by atoms with Crippen molar-refractivity contribution in [3.8, 4) is 0 Å². The molecule has 1 heterocycles. The van der Waals surface area contributed by atoms with Crippen molar-refractivity contribution in [2.45, 2.75) is 30.5 Å². The molecule has 2 aromatic rings. The Morgan fingerprint density at radius 3 is 2.94 bits per heavy atom. The maximum absolute atomic E-state index is 13.4. The largest absolute Gasteiger partial charge is 0.229 e. The predicted octanol–water partition coefficient (Wildman–Crippen LogP) is 2.51. The number of rotatable bonds is 5. The van der Waals surface area contributed by atoms with Gasteiger partial charge >= 0.3 is 0 Å². The number of nitrogens with zero attached hydrogens (tertiary/aromatic N) is 4. The third-order valence-corrected chi connectivity index (χ3v) is 3.28. The van der Waals surface area contributed by atoms with Gasteiger partial charge in [-0.1, -0.05) is 19.1 Å². The lowest BCUT2D eigenvalue weighted by molar-refractivity contribution is 0.564. The van der Waals surface area contributed by atoms with Crippen LogP contribution < -0.4 is 0 Å². The molecule has 0 amide bonds. The summed E-state index contributed by atoms with van der Waals surface area (Å²) in [5.74, 6) is 1.15. The number of aryl methyl sites for hydroxylation is 1. The second-order valence-electron chi connectivity index (χ2n) is 3.54. The number of benzene rings is 1. The molecule has 0 atom stereocenters. The highest BCUT2D eigenvalue weighted by Gasteiger charge is 2.07. The van der Waals surface area contributed by atoms with Crippen LogP contribution in [0.1, 0.15) is 19.2 Å². The van der Waals surface area contributed by atoms with Gasteiger partial charge in [0.25, 0.3) is 0 Å². The van der Waals surface area contributed by atoms with Crippen molar-refractivity contribution in [2.24, 2.45) is 0 Å². The Balaban J connectivity index is 2.02. The zero-order chi connectivity index (χ0) is 12.1. The monoisotopic (exact) mass is 252 g/mol. The molecule has 0 radical (unpaired) electrons. The van der Waals surface area contributed by atoms with Gasteiger partial charge in [-0.05, 0) is 29.0 Å². The Bertz CT molecular complexity index is 486. The SMILES string of the molecule is CCCn1nnnc1CSc1ccccc1F. The van der Waals surface area contributed by atoms with Gasteiger partial charge in [-0.25, -0.2) is 9.07 Å². The number of halogens is 1. The van der Waals surface area contributed by atoms with Crippen LogP contribution in [0.2, 0.25) is 0 Å². The molecule has 0 bridgehead atoms. The van der Waals surface area contributed by atoms with Gasteiger partial charge in [0.1, 0.15) is 5.82 Å². The fraction of sp³-hybridized carbons (Fsp3) is 0.364. The fourth-order valence-corrected chi connectivity index (χ4v) is 2.29. The Morgan fingerprint density at radius 1 is 1.35 bits per heavy atom. The van der Waals surface area contributed by atoms with Crippen LogP contribution in [0.4, 0.5) is 4.39 Å². The van der Waals surface area contributed by atoms with Crippen LogP contribution in [-0.4, -0.2) is 20.2 Å². The lowest BCUT2D eigenvalue weighted by Gasteiger charge is -2.03. The van der Waals surface area contributed by atoms with E-state index in [9.17, 15) is 4.39 Å². The lowest BCUT2D eigenvalue weighted by Crippen LogP contribution is -2.04. The van der Waals surface area contributed by atoms with Gasteiger partial charge in [-0.2, -0.15) is 0 Å². The van der Waals surface area contributed by atoms with E-state index >= 15 is 0 Å². The molecule has 4 nitrogen and oxygen atoms in total. The minimum atomic E-state index is -0.202. The highest BCUT2D eigenvalue weighted by molar-refractivity contribution is 7.98. The summed E-state index contributed by atoms with van der Waals surface area (Å²) in [6, 6.07) is 6.71. The van der Waals surface area contributed by atoms with Crippen LogP contribution in [0.3, 0.4) is 0 Å². The first-order valence-electron chi connectivity index (χ1n) is 5.43. The molecule has 1 aromatic carbocycles. The molecule has 17 heavy (non-hydrogen) atoms. The van der Waals surface area contributed by atoms with Crippen molar-refractivity contribution in [2.75, 3.05) is 0 Å². The van der Waals surface area contributed by atoms with E-state index < -0.39 is 0 Å². The van der Waals surface area contributed by atoms with Crippen LogP contribution in [0.25, 0.3) is 0 Å². The molecule has 0 spiro atoms. The quantitative estimate of drug-likeness (QED) is 0.767. The van der Waals surface area contributed by atoms with Crippen molar-refractivity contribution >= 4 is 11.8 Å². The first-order valence-corrected chi connectivity index (χ1v) is 6.42. The van der Waals surface area contributed by atoms with Crippen LogP contribution in [0, 0.1) is 5.82 Å². The van der Waals surface area contributed by atoms with Crippen molar-refractivity contribution in [1.29, 1.82) is 0 Å². The van der Waals surface area contributed by atoms with Crippen LogP contribution in [0.5, 0.6) is 0 Å². The first-order chi connectivity index (χ1) is 8.31. The Kier molecular flexibility index (Phi) is 4.08. The Labute approximate surface area is 103 Å². The summed E-state index contributed by atoms with van der Waals surface area (Å²) >= 11 is 1.41. The zero-order valence-electron chi connectivity index (χ0n) is 9.51. The highest BCUT2D eigenvalue weighted by atomic mass is 32.2. The van der Waals surface area contributed by atoms with Crippen molar-refractivity contribution in [1.82, 2.24) is 20.2 Å². The molecular formula is C11H13FN4S. The molecule has 0 N–H and O–H groups in total. The topological polar surface area (TPSA) is 43.6 Å². The fourth-order valence-electron chi connectivity index (χ4n) is 1.42. The molecule has 2 rings (SSSR count). The third kappa shape index (κ3) is 3.03. The second kappa shape index (κ2) is 5.77. The molecule has 0 saturated carbocycles. The van der Waals surface area contributed by atoms with Crippen molar-refractivity contribution < 1.29 is 4.39 Å². The van der Waals surface area contributed by atoms with Crippen LogP contribution in [-0.2, 0) is 12.3 Å². The Morgan fingerprint density at radius 2 is 2.18 bits per heavy atom. The summed E-state index contributed by atoms with van der Waals surface area (Å²) in [6.45, 7) is 2.86.